The highest BCUT2D eigenvalue weighted by molar-refractivity contribution is 6.09. The van der Waals surface area contributed by atoms with E-state index in [4.69, 9.17) is 10.5 Å². The lowest BCUT2D eigenvalue weighted by Gasteiger charge is -2.06. The van der Waals surface area contributed by atoms with Crippen LogP contribution in [0.15, 0.2) is 24.3 Å². The van der Waals surface area contributed by atoms with Crippen LogP contribution in [0.3, 0.4) is 0 Å². The van der Waals surface area contributed by atoms with Crippen molar-refractivity contribution in [1.82, 2.24) is 4.57 Å². The van der Waals surface area contributed by atoms with Gasteiger partial charge in [-0.3, -0.25) is 4.79 Å². The highest BCUT2D eigenvalue weighted by Crippen LogP contribution is 2.33. The number of hydrogen-bond donors (Lipinski definition) is 1. The van der Waals surface area contributed by atoms with E-state index in [9.17, 15) is 4.79 Å². The molecule has 88 valence electrons. The first-order chi connectivity index (χ1) is 8.29. The summed E-state index contributed by atoms with van der Waals surface area (Å²) >= 11 is 0. The Kier molecular flexibility index (Phi) is 2.28. The molecule has 3 rings (SSSR count). The first kappa shape index (κ1) is 10.2. The smallest absolute Gasteiger partial charge is 0.254 e. The molecule has 17 heavy (non-hydrogen) atoms. The summed E-state index contributed by atoms with van der Waals surface area (Å²) < 4.78 is 7.75. The highest BCUT2D eigenvalue weighted by Gasteiger charge is 2.23. The molecule has 1 amide bonds. The van der Waals surface area contributed by atoms with Crippen molar-refractivity contribution in [3.63, 3.8) is 0 Å². The summed E-state index contributed by atoms with van der Waals surface area (Å²) in [4.78, 5) is 11.6. The van der Waals surface area contributed by atoms with Gasteiger partial charge < -0.3 is 15.0 Å². The highest BCUT2D eigenvalue weighted by atomic mass is 16.5. The number of benzene rings is 1. The van der Waals surface area contributed by atoms with Gasteiger partial charge in [0.25, 0.3) is 5.91 Å². The van der Waals surface area contributed by atoms with Gasteiger partial charge in [-0.05, 0) is 18.9 Å². The first-order valence-electron chi connectivity index (χ1n) is 5.83. The normalized spacial score (nSPS) is 15.1. The third-order valence-corrected chi connectivity index (χ3v) is 3.18. The van der Waals surface area contributed by atoms with Gasteiger partial charge in [0.05, 0.1) is 12.1 Å². The molecule has 0 spiro atoms. The minimum Gasteiger partial charge on any atom is -0.478 e. The summed E-state index contributed by atoms with van der Waals surface area (Å²) in [6.45, 7) is 1.53. The van der Waals surface area contributed by atoms with Crippen molar-refractivity contribution in [2.24, 2.45) is 5.73 Å². The number of primary amides is 1. The lowest BCUT2D eigenvalue weighted by Crippen LogP contribution is -2.13. The number of carbonyl (C=O) groups excluding carboxylic acids is 1. The lowest BCUT2D eigenvalue weighted by molar-refractivity contribution is 0.0997. The minimum atomic E-state index is -0.420. The maximum atomic E-state index is 11.6. The van der Waals surface area contributed by atoms with Crippen molar-refractivity contribution in [3.05, 3.63) is 29.8 Å². The number of rotatable bonds is 1. The molecule has 2 aromatic rings. The second-order valence-electron chi connectivity index (χ2n) is 4.27. The Morgan fingerprint density at radius 1 is 1.29 bits per heavy atom. The third-order valence-electron chi connectivity index (χ3n) is 3.18. The Hall–Kier alpha value is -1.97. The number of aromatic nitrogens is 1. The van der Waals surface area contributed by atoms with E-state index < -0.39 is 5.91 Å². The number of nitrogens with two attached hydrogens (primary N) is 1. The molecule has 4 heteroatoms. The maximum Gasteiger partial charge on any atom is 0.254 e. The third kappa shape index (κ3) is 1.48. The van der Waals surface area contributed by atoms with Crippen molar-refractivity contribution in [1.29, 1.82) is 0 Å². The van der Waals surface area contributed by atoms with Gasteiger partial charge >= 0.3 is 0 Å². The number of fused-ring (bicyclic) bond motifs is 3. The van der Waals surface area contributed by atoms with Gasteiger partial charge in [-0.1, -0.05) is 18.2 Å². The van der Waals surface area contributed by atoms with Crippen molar-refractivity contribution in [3.8, 4) is 5.88 Å². The van der Waals surface area contributed by atoms with E-state index in [1.165, 1.54) is 0 Å². The largest absolute Gasteiger partial charge is 0.478 e. The van der Waals surface area contributed by atoms with E-state index in [2.05, 4.69) is 4.57 Å². The SMILES string of the molecule is NC(=O)c1c2n(c3ccccc13)CCCCO2. The molecule has 2 heterocycles. The van der Waals surface area contributed by atoms with Crippen molar-refractivity contribution in [2.45, 2.75) is 19.4 Å². The quantitative estimate of drug-likeness (QED) is 0.813. The zero-order valence-electron chi connectivity index (χ0n) is 9.48. The van der Waals surface area contributed by atoms with Gasteiger partial charge in [0.1, 0.15) is 5.56 Å². The summed E-state index contributed by atoms with van der Waals surface area (Å²) in [5, 5.41) is 0.886. The molecule has 0 radical (unpaired) electrons. The van der Waals surface area contributed by atoms with Gasteiger partial charge in [0.2, 0.25) is 5.88 Å². The van der Waals surface area contributed by atoms with Crippen LogP contribution in [-0.4, -0.2) is 17.1 Å². The molecule has 1 aromatic carbocycles. The van der Waals surface area contributed by atoms with E-state index in [1.807, 2.05) is 24.3 Å². The Bertz CT molecular complexity index is 586. The van der Waals surface area contributed by atoms with Crippen LogP contribution in [0.4, 0.5) is 0 Å². The molecule has 2 N–H and O–H groups in total. The average Bonchev–Trinajstić information content (AvgIpc) is 2.48. The predicted octanol–water partition coefficient (Wildman–Crippen LogP) is 1.91. The van der Waals surface area contributed by atoms with Crippen molar-refractivity contribution >= 4 is 16.8 Å². The summed E-state index contributed by atoms with van der Waals surface area (Å²) in [6, 6.07) is 7.79. The second kappa shape index (κ2) is 3.80. The van der Waals surface area contributed by atoms with E-state index in [0.29, 0.717) is 18.1 Å². The van der Waals surface area contributed by atoms with Crippen LogP contribution in [-0.2, 0) is 6.54 Å². The number of ether oxygens (including phenoxy) is 1. The standard InChI is InChI=1S/C13H14N2O2/c14-12(16)11-9-5-1-2-6-10(9)15-7-3-4-8-17-13(11)15/h1-2,5-6H,3-4,7-8H2,(H2,14,16). The zero-order chi connectivity index (χ0) is 11.8. The van der Waals surface area contributed by atoms with Crippen LogP contribution in [0.1, 0.15) is 23.2 Å². The molecule has 1 aromatic heterocycles. The molecular weight excluding hydrogens is 216 g/mol. The number of amides is 1. The first-order valence-corrected chi connectivity index (χ1v) is 5.83. The van der Waals surface area contributed by atoms with Gasteiger partial charge in [-0.25, -0.2) is 0 Å². The molecule has 4 nitrogen and oxygen atoms in total. The van der Waals surface area contributed by atoms with Gasteiger partial charge in [0, 0.05) is 11.9 Å². The van der Waals surface area contributed by atoms with Gasteiger partial charge in [-0.15, -0.1) is 0 Å². The molecule has 0 unspecified atom stereocenters. The Labute approximate surface area is 99.0 Å². The van der Waals surface area contributed by atoms with Crippen molar-refractivity contribution in [2.75, 3.05) is 6.61 Å². The van der Waals surface area contributed by atoms with Crippen LogP contribution in [0.2, 0.25) is 0 Å². The summed E-state index contributed by atoms with van der Waals surface area (Å²) in [5.41, 5.74) is 7.01. The fourth-order valence-electron chi connectivity index (χ4n) is 2.43. The molecule has 0 bridgehead atoms. The van der Waals surface area contributed by atoms with Crippen LogP contribution in [0, 0.1) is 0 Å². The number of nitrogens with zero attached hydrogens (tertiary/aromatic N) is 1. The van der Waals surface area contributed by atoms with E-state index >= 15 is 0 Å². The average molecular weight is 230 g/mol. The molecular formula is C13H14N2O2. The number of carbonyl (C=O) groups is 1. The Morgan fingerprint density at radius 3 is 2.94 bits per heavy atom. The van der Waals surface area contributed by atoms with E-state index in [0.717, 1.165) is 30.3 Å². The molecule has 1 aliphatic heterocycles. The zero-order valence-corrected chi connectivity index (χ0v) is 9.48. The second-order valence-corrected chi connectivity index (χ2v) is 4.27. The minimum absolute atomic E-state index is 0.420. The summed E-state index contributed by atoms with van der Waals surface area (Å²) in [5.74, 6) is 0.216. The van der Waals surface area contributed by atoms with E-state index in [1.54, 1.807) is 0 Å². The molecule has 0 aliphatic carbocycles. The fraction of sp³-hybridized carbons (Fsp3) is 0.308. The van der Waals surface area contributed by atoms with Crippen molar-refractivity contribution < 1.29 is 9.53 Å². The Morgan fingerprint density at radius 2 is 2.12 bits per heavy atom. The summed E-state index contributed by atoms with van der Waals surface area (Å²) in [6.07, 6.45) is 2.07. The van der Waals surface area contributed by atoms with Crippen LogP contribution in [0.25, 0.3) is 10.9 Å². The molecule has 0 saturated carbocycles. The fourth-order valence-corrected chi connectivity index (χ4v) is 2.43. The van der Waals surface area contributed by atoms with Gasteiger partial charge in [0.15, 0.2) is 0 Å². The molecule has 0 atom stereocenters. The maximum absolute atomic E-state index is 11.6. The molecule has 0 fully saturated rings. The Balaban J connectivity index is 2.36. The summed E-state index contributed by atoms with van der Waals surface area (Å²) in [7, 11) is 0. The number of hydrogen-bond acceptors (Lipinski definition) is 2. The van der Waals surface area contributed by atoms with Gasteiger partial charge in [-0.2, -0.15) is 0 Å². The monoisotopic (exact) mass is 230 g/mol. The molecule has 0 saturated heterocycles. The predicted molar refractivity (Wildman–Crippen MR) is 65.2 cm³/mol. The number of aryl methyl sites for hydroxylation is 1. The number of para-hydroxylation sites is 1. The van der Waals surface area contributed by atoms with Crippen LogP contribution >= 0.6 is 0 Å². The topological polar surface area (TPSA) is 57.2 Å². The van der Waals surface area contributed by atoms with E-state index in [-0.39, 0.29) is 0 Å². The van der Waals surface area contributed by atoms with Crippen LogP contribution in [0.5, 0.6) is 5.88 Å². The van der Waals surface area contributed by atoms with Crippen LogP contribution < -0.4 is 10.5 Å². The molecule has 1 aliphatic rings. The lowest BCUT2D eigenvalue weighted by atomic mass is 10.1.